The van der Waals surface area contributed by atoms with Crippen LogP contribution >= 0.6 is 0 Å². The van der Waals surface area contributed by atoms with Gasteiger partial charge in [0.2, 0.25) is 0 Å². The van der Waals surface area contributed by atoms with Crippen molar-refractivity contribution in [1.29, 1.82) is 0 Å². The molecule has 0 aliphatic carbocycles. The highest BCUT2D eigenvalue weighted by Gasteiger charge is 2.36. The van der Waals surface area contributed by atoms with Crippen LogP contribution in [0, 0.1) is 0 Å². The molecule has 1 aliphatic heterocycles. The van der Waals surface area contributed by atoms with Crippen molar-refractivity contribution in [2.75, 3.05) is 4.31 Å². The second-order valence-corrected chi connectivity index (χ2v) is 7.60. The first-order valence-corrected chi connectivity index (χ1v) is 8.99. The SMILES string of the molecule is C[C@H]1Cc2ccccc2N1S(=O)(=O)c1cccc2cccnc12. The Bertz CT molecular complexity index is 993. The molecule has 0 radical (unpaired) electrons. The van der Waals surface area contributed by atoms with Crippen LogP contribution in [0.4, 0.5) is 5.69 Å². The molecule has 3 aromatic rings. The second kappa shape index (κ2) is 5.06. The zero-order chi connectivity index (χ0) is 16.0. The molecule has 0 bridgehead atoms. The molecule has 1 atom stereocenters. The highest BCUT2D eigenvalue weighted by atomic mass is 32.2. The lowest BCUT2D eigenvalue weighted by Gasteiger charge is -2.24. The Morgan fingerprint density at radius 1 is 1.04 bits per heavy atom. The quantitative estimate of drug-likeness (QED) is 0.726. The minimum Gasteiger partial charge on any atom is -0.263 e. The molecule has 4 nitrogen and oxygen atoms in total. The maximum atomic E-state index is 13.3. The summed E-state index contributed by atoms with van der Waals surface area (Å²) in [6.07, 6.45) is 2.36. The molecule has 1 aromatic heterocycles. The third-order valence-corrected chi connectivity index (χ3v) is 6.24. The summed E-state index contributed by atoms with van der Waals surface area (Å²) in [5.74, 6) is 0. The largest absolute Gasteiger partial charge is 0.266 e. The van der Waals surface area contributed by atoms with E-state index < -0.39 is 10.0 Å². The van der Waals surface area contributed by atoms with Crippen molar-refractivity contribution in [3.8, 4) is 0 Å². The van der Waals surface area contributed by atoms with E-state index >= 15 is 0 Å². The smallest absolute Gasteiger partial charge is 0.263 e. The zero-order valence-electron chi connectivity index (χ0n) is 12.7. The predicted octanol–water partition coefficient (Wildman–Crippen LogP) is 3.37. The fraction of sp³-hybridized carbons (Fsp3) is 0.167. The zero-order valence-corrected chi connectivity index (χ0v) is 13.5. The standard InChI is InChI=1S/C18H16N2O2S/c1-13-12-15-6-2-3-9-16(15)20(13)23(21,22)17-10-4-7-14-8-5-11-19-18(14)17/h2-11,13H,12H2,1H3/t13-/m0/s1. The van der Waals surface area contributed by atoms with E-state index in [2.05, 4.69) is 4.98 Å². The van der Waals surface area contributed by atoms with Crippen molar-refractivity contribution in [2.24, 2.45) is 0 Å². The van der Waals surface area contributed by atoms with Crippen molar-refractivity contribution in [3.63, 3.8) is 0 Å². The molecule has 5 heteroatoms. The molecule has 0 amide bonds. The van der Waals surface area contributed by atoms with Crippen molar-refractivity contribution >= 4 is 26.6 Å². The summed E-state index contributed by atoms with van der Waals surface area (Å²) in [5, 5.41) is 0.828. The Morgan fingerprint density at radius 2 is 1.83 bits per heavy atom. The number of hydrogen-bond acceptors (Lipinski definition) is 3. The lowest BCUT2D eigenvalue weighted by atomic mass is 10.1. The molecule has 0 spiro atoms. The fourth-order valence-electron chi connectivity index (χ4n) is 3.29. The Morgan fingerprint density at radius 3 is 2.70 bits per heavy atom. The van der Waals surface area contributed by atoms with E-state index in [0.29, 0.717) is 5.52 Å². The van der Waals surface area contributed by atoms with Gasteiger partial charge in [-0.05, 0) is 37.1 Å². The van der Waals surface area contributed by atoms with E-state index in [1.165, 1.54) is 4.31 Å². The molecule has 116 valence electrons. The molecule has 0 N–H and O–H groups in total. The summed E-state index contributed by atoms with van der Waals surface area (Å²) in [6.45, 7) is 1.94. The summed E-state index contributed by atoms with van der Waals surface area (Å²) < 4.78 is 28.1. The Kier molecular flexibility index (Phi) is 3.13. The number of anilines is 1. The maximum absolute atomic E-state index is 13.3. The normalized spacial score (nSPS) is 17.4. The summed E-state index contributed by atoms with van der Waals surface area (Å²) in [7, 11) is -3.66. The molecule has 0 saturated carbocycles. The molecule has 23 heavy (non-hydrogen) atoms. The van der Waals surface area contributed by atoms with Gasteiger partial charge in [-0.3, -0.25) is 9.29 Å². The van der Waals surface area contributed by atoms with E-state index in [0.717, 1.165) is 23.1 Å². The van der Waals surface area contributed by atoms with E-state index in [-0.39, 0.29) is 10.9 Å². The van der Waals surface area contributed by atoms with Crippen LogP contribution in [0.5, 0.6) is 0 Å². The van der Waals surface area contributed by atoms with E-state index in [1.807, 2.05) is 49.4 Å². The van der Waals surface area contributed by atoms with Crippen LogP contribution in [-0.4, -0.2) is 19.4 Å². The van der Waals surface area contributed by atoms with Gasteiger partial charge in [0.15, 0.2) is 0 Å². The first kappa shape index (κ1) is 14.2. The van der Waals surface area contributed by atoms with E-state index in [9.17, 15) is 8.42 Å². The Balaban J connectivity index is 1.94. The van der Waals surface area contributed by atoms with Gasteiger partial charge in [-0.1, -0.05) is 36.4 Å². The van der Waals surface area contributed by atoms with Gasteiger partial charge in [-0.15, -0.1) is 0 Å². The van der Waals surface area contributed by atoms with Crippen LogP contribution in [0.2, 0.25) is 0 Å². The van der Waals surface area contributed by atoms with Crippen LogP contribution in [0.25, 0.3) is 10.9 Å². The molecule has 4 rings (SSSR count). The molecule has 2 aromatic carbocycles. The fourth-order valence-corrected chi connectivity index (χ4v) is 5.16. The summed E-state index contributed by atoms with van der Waals surface area (Å²) in [5.41, 5.74) is 2.36. The van der Waals surface area contributed by atoms with Crippen LogP contribution in [0.1, 0.15) is 12.5 Å². The number of para-hydroxylation sites is 2. The first-order valence-electron chi connectivity index (χ1n) is 7.55. The second-order valence-electron chi connectivity index (χ2n) is 5.81. The molecule has 1 aliphatic rings. The van der Waals surface area contributed by atoms with Gasteiger partial charge in [0.05, 0.1) is 11.2 Å². The number of pyridine rings is 1. The summed E-state index contributed by atoms with van der Waals surface area (Å²) in [4.78, 5) is 4.56. The molecular weight excluding hydrogens is 308 g/mol. The number of nitrogens with zero attached hydrogens (tertiary/aromatic N) is 2. The monoisotopic (exact) mass is 324 g/mol. The summed E-state index contributed by atoms with van der Waals surface area (Å²) in [6, 6.07) is 16.6. The van der Waals surface area contributed by atoms with Gasteiger partial charge < -0.3 is 0 Å². The minimum absolute atomic E-state index is 0.101. The van der Waals surface area contributed by atoms with Crippen molar-refractivity contribution in [1.82, 2.24) is 4.98 Å². The Labute approximate surface area is 135 Å². The highest BCUT2D eigenvalue weighted by molar-refractivity contribution is 7.93. The van der Waals surface area contributed by atoms with Gasteiger partial charge in [-0.2, -0.15) is 0 Å². The number of fused-ring (bicyclic) bond motifs is 2. The highest BCUT2D eigenvalue weighted by Crippen LogP contribution is 2.37. The third-order valence-electron chi connectivity index (χ3n) is 4.28. The molecule has 0 fully saturated rings. The average Bonchev–Trinajstić information content (AvgIpc) is 2.90. The van der Waals surface area contributed by atoms with Crippen LogP contribution < -0.4 is 4.31 Å². The number of sulfonamides is 1. The lowest BCUT2D eigenvalue weighted by Crippen LogP contribution is -2.35. The maximum Gasteiger partial charge on any atom is 0.266 e. The number of rotatable bonds is 2. The summed E-state index contributed by atoms with van der Waals surface area (Å²) >= 11 is 0. The van der Waals surface area contributed by atoms with Crippen LogP contribution in [0.3, 0.4) is 0 Å². The average molecular weight is 324 g/mol. The first-order chi connectivity index (χ1) is 11.1. The molecular formula is C18H16N2O2S. The third kappa shape index (κ3) is 2.11. The minimum atomic E-state index is -3.66. The topological polar surface area (TPSA) is 50.3 Å². The molecule has 0 unspecified atom stereocenters. The number of benzene rings is 2. The molecule has 2 heterocycles. The molecule has 0 saturated heterocycles. The van der Waals surface area contributed by atoms with Gasteiger partial charge in [0.25, 0.3) is 10.0 Å². The van der Waals surface area contributed by atoms with Gasteiger partial charge in [0.1, 0.15) is 4.90 Å². The number of aromatic nitrogens is 1. The Hall–Kier alpha value is -2.40. The van der Waals surface area contributed by atoms with Gasteiger partial charge in [-0.25, -0.2) is 8.42 Å². The number of hydrogen-bond donors (Lipinski definition) is 0. The van der Waals surface area contributed by atoms with Crippen LogP contribution in [0.15, 0.2) is 65.7 Å². The van der Waals surface area contributed by atoms with Crippen LogP contribution in [-0.2, 0) is 16.4 Å². The lowest BCUT2D eigenvalue weighted by molar-refractivity contribution is 0.585. The van der Waals surface area contributed by atoms with Gasteiger partial charge >= 0.3 is 0 Å². The van der Waals surface area contributed by atoms with E-state index in [1.54, 1.807) is 18.3 Å². The van der Waals surface area contributed by atoms with Crippen molar-refractivity contribution < 1.29 is 8.42 Å². The predicted molar refractivity (Wildman–Crippen MR) is 91.0 cm³/mol. The van der Waals surface area contributed by atoms with Gasteiger partial charge in [0, 0.05) is 17.6 Å². The van der Waals surface area contributed by atoms with E-state index in [4.69, 9.17) is 0 Å². The van der Waals surface area contributed by atoms with Crippen molar-refractivity contribution in [3.05, 3.63) is 66.4 Å². The van der Waals surface area contributed by atoms with Crippen molar-refractivity contribution in [2.45, 2.75) is 24.3 Å².